The van der Waals surface area contributed by atoms with Crippen LogP contribution in [0.1, 0.15) is 79.3 Å². The van der Waals surface area contributed by atoms with E-state index in [1.54, 1.807) is 35.5 Å². The van der Waals surface area contributed by atoms with E-state index < -0.39 is 11.5 Å². The van der Waals surface area contributed by atoms with Gasteiger partial charge in [-0.25, -0.2) is 14.8 Å². The third kappa shape index (κ3) is 8.23. The van der Waals surface area contributed by atoms with Gasteiger partial charge in [0.25, 0.3) is 11.8 Å². The Morgan fingerprint density at radius 2 is 1.76 bits per heavy atom. The largest absolute Gasteiger partial charge is 0.493 e. The van der Waals surface area contributed by atoms with Crippen LogP contribution in [-0.4, -0.2) is 88.2 Å². The molecule has 3 amide bonds. The van der Waals surface area contributed by atoms with Gasteiger partial charge in [0.2, 0.25) is 5.91 Å². The highest BCUT2D eigenvalue weighted by Crippen LogP contribution is 2.44. The Morgan fingerprint density at radius 3 is 2.45 bits per heavy atom. The number of morpholine rings is 1. The molecule has 1 aliphatic heterocycles. The monoisotopic (exact) mass is 768 g/mol. The molecule has 0 radical (unpaired) electrons. The minimum absolute atomic E-state index is 0.273. The first-order chi connectivity index (χ1) is 26.7. The first-order valence-corrected chi connectivity index (χ1v) is 19.2. The summed E-state index contributed by atoms with van der Waals surface area (Å²) in [4.78, 5) is 63.1. The summed E-state index contributed by atoms with van der Waals surface area (Å²) in [5.74, 6) is -0.196. The van der Waals surface area contributed by atoms with Crippen molar-refractivity contribution in [2.75, 3.05) is 44.8 Å². The van der Waals surface area contributed by atoms with Crippen molar-refractivity contribution in [2.24, 2.45) is 7.05 Å². The molecule has 14 heteroatoms. The van der Waals surface area contributed by atoms with E-state index in [0.717, 1.165) is 48.7 Å². The molecule has 13 nitrogen and oxygen atoms in total. The summed E-state index contributed by atoms with van der Waals surface area (Å²) in [7, 11) is 1.97. The average Bonchev–Trinajstić information content (AvgIpc) is 3.81. The number of carbonyl (C=O) groups is 4. The van der Waals surface area contributed by atoms with E-state index in [4.69, 9.17) is 25.8 Å². The zero-order valence-corrected chi connectivity index (χ0v) is 31.8. The second-order valence-corrected chi connectivity index (χ2v) is 14.7. The molecule has 288 valence electrons. The van der Waals surface area contributed by atoms with Gasteiger partial charge in [0, 0.05) is 72.4 Å². The predicted molar refractivity (Wildman–Crippen MR) is 208 cm³/mol. The van der Waals surface area contributed by atoms with Gasteiger partial charge in [-0.2, -0.15) is 0 Å². The fourth-order valence-corrected chi connectivity index (χ4v) is 7.79. The van der Waals surface area contributed by atoms with Crippen LogP contribution in [0.15, 0.2) is 54.9 Å². The lowest BCUT2D eigenvalue weighted by Crippen LogP contribution is -2.61. The molecule has 2 N–H and O–H groups in total. The van der Waals surface area contributed by atoms with Crippen molar-refractivity contribution in [3.63, 3.8) is 0 Å². The summed E-state index contributed by atoms with van der Waals surface area (Å²) in [6, 6.07) is 10.8. The maximum Gasteiger partial charge on any atom is 0.331 e. The lowest BCUT2D eigenvalue weighted by atomic mass is 9.75. The number of hydrogen-bond donors (Lipinski definition) is 2. The molecule has 3 aliphatic rings. The lowest BCUT2D eigenvalue weighted by molar-refractivity contribution is -0.150. The number of carbonyl (C=O) groups excluding carboxylic acids is 4. The van der Waals surface area contributed by atoms with Gasteiger partial charge < -0.3 is 34.3 Å². The highest BCUT2D eigenvalue weighted by atomic mass is 35.5. The van der Waals surface area contributed by atoms with Crippen LogP contribution >= 0.6 is 11.6 Å². The van der Waals surface area contributed by atoms with Crippen molar-refractivity contribution >= 4 is 58.0 Å². The molecule has 0 atom stereocenters. The summed E-state index contributed by atoms with van der Waals surface area (Å²) in [5.41, 5.74) is 3.45. The van der Waals surface area contributed by atoms with Crippen molar-refractivity contribution in [1.82, 2.24) is 24.8 Å². The average molecular weight is 769 g/mol. The Hall–Kier alpha value is -5.27. The Bertz CT molecular complexity index is 2120. The van der Waals surface area contributed by atoms with Gasteiger partial charge in [0.05, 0.1) is 30.5 Å². The standard InChI is InChI=1S/C41H45ClN6O7/c1-3-54-33-22-30(12-9-26(33)11-14-35(50)55-25-34(49)48-17-19-53-20-18-48)45-40(52)41(15-6-16-41)46-39(51)28-10-13-31-32(21-28)47(2)37(36(31)27-7-4-5-8-27)38-43-23-29(42)24-44-38/h9-14,21-24,27H,3-8,15-20,25H2,1-2H3,(H,45,52)(H,46,51)/b14-11+. The first-order valence-electron chi connectivity index (χ1n) is 18.9. The fraction of sp³-hybridized carbons (Fsp3) is 0.415. The van der Waals surface area contributed by atoms with Gasteiger partial charge in [0.1, 0.15) is 11.3 Å². The molecule has 55 heavy (non-hydrogen) atoms. The molecule has 2 aromatic heterocycles. The molecule has 3 heterocycles. The van der Waals surface area contributed by atoms with E-state index in [0.29, 0.717) is 85.1 Å². The second-order valence-electron chi connectivity index (χ2n) is 14.2. The number of hydrogen-bond acceptors (Lipinski definition) is 9. The first kappa shape index (κ1) is 38.0. The summed E-state index contributed by atoms with van der Waals surface area (Å²) >= 11 is 6.12. The van der Waals surface area contributed by atoms with Crippen LogP contribution in [-0.2, 0) is 30.9 Å². The molecule has 7 rings (SSSR count). The molecule has 4 aromatic rings. The highest BCUT2D eigenvalue weighted by molar-refractivity contribution is 6.30. The maximum atomic E-state index is 13.9. The quantitative estimate of drug-likeness (QED) is 0.130. The summed E-state index contributed by atoms with van der Waals surface area (Å²) < 4.78 is 18.3. The number of aromatic nitrogens is 3. The van der Waals surface area contributed by atoms with Crippen molar-refractivity contribution in [3.05, 3.63) is 76.6 Å². The van der Waals surface area contributed by atoms with E-state index in [-0.39, 0.29) is 24.3 Å². The van der Waals surface area contributed by atoms with Crippen molar-refractivity contribution in [2.45, 2.75) is 63.3 Å². The van der Waals surface area contributed by atoms with Gasteiger partial charge in [-0.3, -0.25) is 14.4 Å². The van der Waals surface area contributed by atoms with Crippen LogP contribution in [0.3, 0.4) is 0 Å². The Balaban J connectivity index is 1.04. The maximum absolute atomic E-state index is 13.9. The van der Waals surface area contributed by atoms with Gasteiger partial charge in [-0.15, -0.1) is 0 Å². The number of nitrogens with zero attached hydrogens (tertiary/aromatic N) is 4. The molecular weight excluding hydrogens is 724 g/mol. The van der Waals surface area contributed by atoms with Gasteiger partial charge in [-0.1, -0.05) is 30.5 Å². The van der Waals surface area contributed by atoms with E-state index in [1.165, 1.54) is 17.7 Å². The Kier molecular flexibility index (Phi) is 11.5. The smallest absolute Gasteiger partial charge is 0.331 e. The van der Waals surface area contributed by atoms with E-state index in [2.05, 4.69) is 25.2 Å². The van der Waals surface area contributed by atoms with Gasteiger partial charge in [-0.05, 0) is 80.9 Å². The minimum atomic E-state index is -1.08. The number of amides is 3. The SMILES string of the molecule is CCOc1cc(NC(=O)C2(NC(=O)c3ccc4c(C5CCCC5)c(-c5ncc(Cl)cn5)n(C)c4c3)CCC2)ccc1/C=C/C(=O)OCC(=O)N1CCOCC1. The number of aryl methyl sites for hydroxylation is 1. The molecule has 1 saturated heterocycles. The molecule has 3 fully saturated rings. The van der Waals surface area contributed by atoms with Crippen LogP contribution < -0.4 is 15.4 Å². The predicted octanol–water partition coefficient (Wildman–Crippen LogP) is 6.05. The van der Waals surface area contributed by atoms with Crippen molar-refractivity contribution in [3.8, 4) is 17.3 Å². The topological polar surface area (TPSA) is 154 Å². The number of nitrogens with one attached hydrogen (secondary N) is 2. The molecule has 2 aromatic carbocycles. The van der Waals surface area contributed by atoms with Crippen LogP contribution in [0.2, 0.25) is 5.02 Å². The van der Waals surface area contributed by atoms with Gasteiger partial charge >= 0.3 is 5.97 Å². The number of anilines is 1. The van der Waals surface area contributed by atoms with Crippen LogP contribution in [0.5, 0.6) is 5.75 Å². The Morgan fingerprint density at radius 1 is 1.02 bits per heavy atom. The van der Waals surface area contributed by atoms with Crippen LogP contribution in [0.25, 0.3) is 28.5 Å². The molecule has 2 aliphatic carbocycles. The molecule has 0 bridgehead atoms. The third-order valence-corrected chi connectivity index (χ3v) is 11.0. The van der Waals surface area contributed by atoms with Crippen LogP contribution in [0.4, 0.5) is 5.69 Å². The molecule has 0 spiro atoms. The van der Waals surface area contributed by atoms with E-state index >= 15 is 0 Å². The Labute approximate surface area is 324 Å². The molecule has 0 unspecified atom stereocenters. The van der Waals surface area contributed by atoms with Crippen LogP contribution in [0, 0.1) is 0 Å². The van der Waals surface area contributed by atoms with E-state index in [9.17, 15) is 19.2 Å². The number of halogens is 1. The van der Waals surface area contributed by atoms with E-state index in [1.807, 2.05) is 32.2 Å². The van der Waals surface area contributed by atoms with Crippen molar-refractivity contribution in [1.29, 1.82) is 0 Å². The highest BCUT2D eigenvalue weighted by Gasteiger charge is 2.45. The van der Waals surface area contributed by atoms with Crippen molar-refractivity contribution < 1.29 is 33.4 Å². The summed E-state index contributed by atoms with van der Waals surface area (Å²) in [6.45, 7) is 3.68. The number of benzene rings is 2. The normalized spacial score (nSPS) is 16.9. The second kappa shape index (κ2) is 16.6. The lowest BCUT2D eigenvalue weighted by Gasteiger charge is -2.40. The fourth-order valence-electron chi connectivity index (χ4n) is 7.69. The zero-order chi connectivity index (χ0) is 38.5. The number of esters is 1. The zero-order valence-electron chi connectivity index (χ0n) is 31.1. The number of fused-ring (bicyclic) bond motifs is 1. The van der Waals surface area contributed by atoms with Gasteiger partial charge in [0.15, 0.2) is 12.4 Å². The number of rotatable bonds is 12. The summed E-state index contributed by atoms with van der Waals surface area (Å²) in [5, 5.41) is 7.56. The summed E-state index contributed by atoms with van der Waals surface area (Å²) in [6.07, 6.45) is 12.3. The molecule has 2 saturated carbocycles. The minimum Gasteiger partial charge on any atom is -0.493 e. The molecular formula is C41H45ClN6O7. The number of ether oxygens (including phenoxy) is 3. The third-order valence-electron chi connectivity index (χ3n) is 10.8.